The number of benzene rings is 1. The Labute approximate surface area is 111 Å². The molecule has 0 fully saturated rings. The standard InChI is InChI=1S/C13H15N3O3/c1-10(17)16(8-7-15-13(18)19-2)12-6-4-3-5-11(12)9-14/h3-6H,7-8H2,1-2H3,(H,15,18). The number of amides is 2. The van der Waals surface area contributed by atoms with E-state index in [2.05, 4.69) is 10.1 Å². The van der Waals surface area contributed by atoms with Gasteiger partial charge >= 0.3 is 6.09 Å². The van der Waals surface area contributed by atoms with E-state index < -0.39 is 6.09 Å². The van der Waals surface area contributed by atoms with Crippen LogP contribution in [0, 0.1) is 11.3 Å². The number of nitrogens with zero attached hydrogens (tertiary/aromatic N) is 2. The number of para-hydroxylation sites is 1. The first kappa shape index (κ1) is 14.5. The molecule has 1 N–H and O–H groups in total. The van der Waals surface area contributed by atoms with Crippen LogP contribution in [-0.2, 0) is 9.53 Å². The maximum absolute atomic E-state index is 11.6. The monoisotopic (exact) mass is 261 g/mol. The quantitative estimate of drug-likeness (QED) is 0.884. The predicted octanol–water partition coefficient (Wildman–Crippen LogP) is 1.27. The minimum Gasteiger partial charge on any atom is -0.453 e. The number of carbonyl (C=O) groups is 2. The highest BCUT2D eigenvalue weighted by Gasteiger charge is 2.14. The summed E-state index contributed by atoms with van der Waals surface area (Å²) in [6.45, 7) is 1.92. The van der Waals surface area contributed by atoms with Crippen LogP contribution < -0.4 is 10.2 Å². The average Bonchev–Trinajstić information content (AvgIpc) is 2.42. The van der Waals surface area contributed by atoms with Crippen LogP contribution in [0.15, 0.2) is 24.3 Å². The van der Waals surface area contributed by atoms with Crippen molar-refractivity contribution in [3.63, 3.8) is 0 Å². The fraction of sp³-hybridized carbons (Fsp3) is 0.308. The van der Waals surface area contributed by atoms with Crippen molar-refractivity contribution >= 4 is 17.7 Å². The van der Waals surface area contributed by atoms with Crippen molar-refractivity contribution in [2.24, 2.45) is 0 Å². The van der Waals surface area contributed by atoms with Gasteiger partial charge in [-0.3, -0.25) is 4.79 Å². The molecule has 0 radical (unpaired) electrons. The van der Waals surface area contributed by atoms with E-state index in [1.54, 1.807) is 24.3 Å². The number of anilines is 1. The Bertz CT molecular complexity index is 508. The van der Waals surface area contributed by atoms with Crippen LogP contribution in [0.3, 0.4) is 0 Å². The number of hydrogen-bond acceptors (Lipinski definition) is 4. The Morgan fingerprint density at radius 1 is 1.42 bits per heavy atom. The van der Waals surface area contributed by atoms with Crippen molar-refractivity contribution < 1.29 is 14.3 Å². The zero-order valence-corrected chi connectivity index (χ0v) is 10.8. The summed E-state index contributed by atoms with van der Waals surface area (Å²) in [4.78, 5) is 24.0. The minimum absolute atomic E-state index is 0.200. The van der Waals surface area contributed by atoms with Crippen molar-refractivity contribution in [2.75, 3.05) is 25.1 Å². The zero-order valence-electron chi connectivity index (χ0n) is 10.8. The van der Waals surface area contributed by atoms with Gasteiger partial charge in [0.05, 0.1) is 18.4 Å². The van der Waals surface area contributed by atoms with E-state index in [9.17, 15) is 9.59 Å². The molecule has 6 nitrogen and oxygen atoms in total. The third kappa shape index (κ3) is 4.00. The summed E-state index contributed by atoms with van der Waals surface area (Å²) in [5, 5.41) is 11.5. The van der Waals surface area contributed by atoms with Gasteiger partial charge in [0.15, 0.2) is 0 Å². The smallest absolute Gasteiger partial charge is 0.406 e. The molecule has 0 aliphatic heterocycles. The molecule has 0 aliphatic rings. The van der Waals surface area contributed by atoms with E-state index in [1.165, 1.54) is 18.9 Å². The van der Waals surface area contributed by atoms with E-state index in [0.29, 0.717) is 11.3 Å². The highest BCUT2D eigenvalue weighted by atomic mass is 16.5. The maximum Gasteiger partial charge on any atom is 0.406 e. The molecular weight excluding hydrogens is 246 g/mol. The second-order valence-corrected chi connectivity index (χ2v) is 3.72. The van der Waals surface area contributed by atoms with Crippen LogP contribution in [-0.4, -0.2) is 32.2 Å². The summed E-state index contributed by atoms with van der Waals surface area (Å²) in [5.41, 5.74) is 0.944. The van der Waals surface area contributed by atoms with E-state index in [1.807, 2.05) is 6.07 Å². The summed E-state index contributed by atoms with van der Waals surface area (Å²) in [7, 11) is 1.27. The highest BCUT2D eigenvalue weighted by molar-refractivity contribution is 5.93. The lowest BCUT2D eigenvalue weighted by atomic mass is 10.1. The van der Waals surface area contributed by atoms with Gasteiger partial charge in [-0.1, -0.05) is 12.1 Å². The van der Waals surface area contributed by atoms with Crippen molar-refractivity contribution in [1.29, 1.82) is 5.26 Å². The maximum atomic E-state index is 11.6. The van der Waals surface area contributed by atoms with Crippen LogP contribution in [0.2, 0.25) is 0 Å². The molecule has 0 saturated carbocycles. The van der Waals surface area contributed by atoms with Crippen molar-refractivity contribution in [3.05, 3.63) is 29.8 Å². The molecule has 1 rings (SSSR count). The van der Waals surface area contributed by atoms with Gasteiger partial charge < -0.3 is 15.0 Å². The van der Waals surface area contributed by atoms with Crippen LogP contribution in [0.4, 0.5) is 10.5 Å². The Balaban J connectivity index is 2.81. The number of ether oxygens (including phenoxy) is 1. The molecule has 0 bridgehead atoms. The first-order valence-corrected chi connectivity index (χ1v) is 5.69. The normalized spacial score (nSPS) is 9.32. The molecule has 0 unspecified atom stereocenters. The lowest BCUT2D eigenvalue weighted by molar-refractivity contribution is -0.116. The topological polar surface area (TPSA) is 82.4 Å². The van der Waals surface area contributed by atoms with E-state index >= 15 is 0 Å². The Hall–Kier alpha value is -2.55. The third-order valence-electron chi connectivity index (χ3n) is 2.49. The van der Waals surface area contributed by atoms with Gasteiger partial charge in [-0.15, -0.1) is 0 Å². The lowest BCUT2D eigenvalue weighted by Crippen LogP contribution is -2.37. The van der Waals surface area contributed by atoms with Gasteiger partial charge in [0, 0.05) is 20.0 Å². The van der Waals surface area contributed by atoms with Gasteiger partial charge in [-0.05, 0) is 12.1 Å². The average molecular weight is 261 g/mol. The molecule has 19 heavy (non-hydrogen) atoms. The summed E-state index contributed by atoms with van der Waals surface area (Å²) in [6, 6.07) is 8.84. The van der Waals surface area contributed by atoms with Gasteiger partial charge in [-0.25, -0.2) is 4.79 Å². The van der Waals surface area contributed by atoms with Crippen LogP contribution in [0.25, 0.3) is 0 Å². The molecule has 0 saturated heterocycles. The Kier molecular flexibility index (Phi) is 5.35. The van der Waals surface area contributed by atoms with Crippen molar-refractivity contribution in [1.82, 2.24) is 5.32 Å². The molecule has 0 aromatic heterocycles. The predicted molar refractivity (Wildman–Crippen MR) is 69.6 cm³/mol. The molecular formula is C13H15N3O3. The number of nitrogens with one attached hydrogen (secondary N) is 1. The minimum atomic E-state index is -0.558. The fourth-order valence-corrected chi connectivity index (χ4v) is 1.59. The Morgan fingerprint density at radius 2 is 2.11 bits per heavy atom. The largest absolute Gasteiger partial charge is 0.453 e. The summed E-state index contributed by atoms with van der Waals surface area (Å²) < 4.78 is 4.44. The van der Waals surface area contributed by atoms with Gasteiger partial charge in [0.25, 0.3) is 0 Å². The van der Waals surface area contributed by atoms with E-state index in [4.69, 9.17) is 5.26 Å². The van der Waals surface area contributed by atoms with Crippen molar-refractivity contribution in [2.45, 2.75) is 6.92 Å². The zero-order chi connectivity index (χ0) is 14.3. The molecule has 0 spiro atoms. The highest BCUT2D eigenvalue weighted by Crippen LogP contribution is 2.19. The number of nitriles is 1. The van der Waals surface area contributed by atoms with Crippen LogP contribution >= 0.6 is 0 Å². The van der Waals surface area contributed by atoms with E-state index in [-0.39, 0.29) is 19.0 Å². The summed E-state index contributed by atoms with van der Waals surface area (Å²) in [6.07, 6.45) is -0.558. The van der Waals surface area contributed by atoms with Crippen LogP contribution in [0.5, 0.6) is 0 Å². The van der Waals surface area contributed by atoms with E-state index in [0.717, 1.165) is 0 Å². The molecule has 2 amide bonds. The first-order chi connectivity index (χ1) is 9.10. The number of hydrogen-bond donors (Lipinski definition) is 1. The number of carbonyl (C=O) groups excluding carboxylic acids is 2. The number of rotatable bonds is 4. The van der Waals surface area contributed by atoms with Gasteiger partial charge in [0.2, 0.25) is 5.91 Å². The third-order valence-corrected chi connectivity index (χ3v) is 2.49. The number of alkyl carbamates (subject to hydrolysis) is 1. The molecule has 6 heteroatoms. The summed E-state index contributed by atoms with van der Waals surface area (Å²) in [5.74, 6) is -0.200. The van der Waals surface area contributed by atoms with Gasteiger partial charge in [0.1, 0.15) is 6.07 Å². The lowest BCUT2D eigenvalue weighted by Gasteiger charge is -2.22. The number of methoxy groups -OCH3 is 1. The molecule has 1 aromatic rings. The van der Waals surface area contributed by atoms with Crippen molar-refractivity contribution in [3.8, 4) is 6.07 Å². The molecule has 1 aromatic carbocycles. The van der Waals surface area contributed by atoms with Gasteiger partial charge in [-0.2, -0.15) is 5.26 Å². The molecule has 0 atom stereocenters. The fourth-order valence-electron chi connectivity index (χ4n) is 1.59. The Morgan fingerprint density at radius 3 is 2.68 bits per heavy atom. The van der Waals surface area contributed by atoms with Crippen LogP contribution in [0.1, 0.15) is 12.5 Å². The molecule has 100 valence electrons. The SMILES string of the molecule is COC(=O)NCCN(C(C)=O)c1ccccc1C#N. The molecule has 0 aliphatic carbocycles. The second-order valence-electron chi connectivity index (χ2n) is 3.72. The molecule has 0 heterocycles. The summed E-state index contributed by atoms with van der Waals surface area (Å²) >= 11 is 0. The second kappa shape index (κ2) is 7.01. The first-order valence-electron chi connectivity index (χ1n) is 5.69.